The Hall–Kier alpha value is -0.810. The van der Waals surface area contributed by atoms with Crippen LogP contribution >= 0.6 is 23.2 Å². The fraction of sp³-hybridized carbons (Fsp3) is 0.500. The Kier molecular flexibility index (Phi) is 5.62. The second-order valence-corrected chi connectivity index (χ2v) is 4.73. The summed E-state index contributed by atoms with van der Waals surface area (Å²) in [4.78, 5) is 0. The molecule has 1 rings (SSSR count). The number of benzene rings is 1. The van der Waals surface area contributed by atoms with E-state index in [0.717, 1.165) is 0 Å². The van der Waals surface area contributed by atoms with Gasteiger partial charge in [-0.25, -0.2) is 0 Å². The molecule has 0 bridgehead atoms. The Morgan fingerprint density at radius 1 is 1.21 bits per heavy atom. The van der Waals surface area contributed by atoms with E-state index in [2.05, 4.69) is 0 Å². The zero-order valence-corrected chi connectivity index (χ0v) is 11.9. The Bertz CT molecular complexity index is 436. The van der Waals surface area contributed by atoms with Crippen molar-refractivity contribution >= 4 is 23.2 Å². The maximum absolute atomic E-state index is 12.2. The van der Waals surface area contributed by atoms with Gasteiger partial charge in [-0.2, -0.15) is 13.2 Å². The van der Waals surface area contributed by atoms with E-state index >= 15 is 0 Å². The van der Waals surface area contributed by atoms with E-state index in [1.165, 1.54) is 14.2 Å². The average molecular weight is 317 g/mol. The average Bonchev–Trinajstić information content (AvgIpc) is 2.34. The number of rotatable bonds is 5. The van der Waals surface area contributed by atoms with Crippen LogP contribution in [0.2, 0.25) is 5.02 Å². The lowest BCUT2D eigenvalue weighted by atomic mass is 10.1. The molecule has 0 aliphatic rings. The van der Waals surface area contributed by atoms with Crippen LogP contribution in [0.15, 0.2) is 12.1 Å². The van der Waals surface area contributed by atoms with Crippen LogP contribution in [-0.2, 0) is 0 Å². The van der Waals surface area contributed by atoms with Crippen molar-refractivity contribution < 1.29 is 22.6 Å². The predicted molar refractivity (Wildman–Crippen MR) is 68.4 cm³/mol. The van der Waals surface area contributed by atoms with Crippen LogP contribution < -0.4 is 9.47 Å². The van der Waals surface area contributed by atoms with Crippen LogP contribution in [-0.4, -0.2) is 20.4 Å². The van der Waals surface area contributed by atoms with E-state index in [1.807, 2.05) is 0 Å². The van der Waals surface area contributed by atoms with Crippen molar-refractivity contribution in [1.29, 1.82) is 0 Å². The zero-order chi connectivity index (χ0) is 14.6. The van der Waals surface area contributed by atoms with Gasteiger partial charge >= 0.3 is 6.18 Å². The molecule has 7 heteroatoms. The molecule has 1 atom stereocenters. The molecule has 0 aromatic heterocycles. The highest BCUT2D eigenvalue weighted by molar-refractivity contribution is 6.34. The van der Waals surface area contributed by atoms with Crippen molar-refractivity contribution in [3.8, 4) is 11.5 Å². The summed E-state index contributed by atoms with van der Waals surface area (Å²) >= 11 is 12.0. The Morgan fingerprint density at radius 3 is 2.32 bits per heavy atom. The maximum atomic E-state index is 12.2. The maximum Gasteiger partial charge on any atom is 0.389 e. The molecule has 0 radical (unpaired) electrons. The first-order valence-corrected chi connectivity index (χ1v) is 6.22. The lowest BCUT2D eigenvalue weighted by Crippen LogP contribution is -2.08. The van der Waals surface area contributed by atoms with Crippen molar-refractivity contribution in [2.24, 2.45) is 0 Å². The van der Waals surface area contributed by atoms with Crippen LogP contribution in [0.1, 0.15) is 23.8 Å². The van der Waals surface area contributed by atoms with Crippen molar-refractivity contribution in [2.45, 2.75) is 24.4 Å². The summed E-state index contributed by atoms with van der Waals surface area (Å²) in [6, 6.07) is 3.10. The van der Waals surface area contributed by atoms with Gasteiger partial charge in [-0.15, -0.1) is 11.6 Å². The fourth-order valence-corrected chi connectivity index (χ4v) is 2.22. The van der Waals surface area contributed by atoms with Gasteiger partial charge in [0.2, 0.25) is 0 Å². The van der Waals surface area contributed by atoms with Gasteiger partial charge in [0.05, 0.1) is 19.6 Å². The van der Waals surface area contributed by atoms with E-state index in [0.29, 0.717) is 11.3 Å². The molecule has 1 aromatic carbocycles. The summed E-state index contributed by atoms with van der Waals surface area (Å²) in [5, 5.41) is -0.639. The minimum absolute atomic E-state index is 0.195. The molecule has 2 nitrogen and oxygen atoms in total. The molecule has 0 saturated carbocycles. The molecule has 0 heterocycles. The summed E-state index contributed by atoms with van der Waals surface area (Å²) in [5.74, 6) is 0.616. The van der Waals surface area contributed by atoms with E-state index in [9.17, 15) is 13.2 Å². The molecule has 0 aliphatic heterocycles. The van der Waals surface area contributed by atoms with Gasteiger partial charge < -0.3 is 9.47 Å². The third-order valence-corrected chi connectivity index (χ3v) is 3.35. The monoisotopic (exact) mass is 316 g/mol. The quantitative estimate of drug-likeness (QED) is 0.713. The first-order valence-electron chi connectivity index (χ1n) is 5.41. The number of alkyl halides is 4. The summed E-state index contributed by atoms with van der Waals surface area (Å²) in [7, 11) is 2.81. The minimum atomic E-state index is -4.24. The first-order chi connectivity index (χ1) is 8.80. The third-order valence-electron chi connectivity index (χ3n) is 2.53. The van der Waals surface area contributed by atoms with Gasteiger partial charge in [0.25, 0.3) is 0 Å². The molecular weight excluding hydrogens is 304 g/mol. The van der Waals surface area contributed by atoms with Crippen LogP contribution in [0.25, 0.3) is 0 Å². The highest BCUT2D eigenvalue weighted by Crippen LogP contribution is 2.43. The molecule has 1 unspecified atom stereocenters. The minimum Gasteiger partial charge on any atom is -0.495 e. The third kappa shape index (κ3) is 4.35. The molecule has 1 aromatic rings. The number of halogens is 5. The lowest BCUT2D eigenvalue weighted by Gasteiger charge is -2.17. The Morgan fingerprint density at radius 2 is 1.84 bits per heavy atom. The number of ether oxygens (including phenoxy) is 2. The van der Waals surface area contributed by atoms with E-state index in [-0.39, 0.29) is 17.2 Å². The van der Waals surface area contributed by atoms with Crippen LogP contribution in [0.4, 0.5) is 13.2 Å². The first kappa shape index (κ1) is 16.2. The van der Waals surface area contributed by atoms with Crippen molar-refractivity contribution in [3.05, 3.63) is 22.7 Å². The molecule has 108 valence electrons. The molecule has 0 spiro atoms. The summed E-state index contributed by atoms with van der Waals surface area (Å²) in [5.41, 5.74) is 0.416. The largest absolute Gasteiger partial charge is 0.495 e. The number of hydrogen-bond acceptors (Lipinski definition) is 2. The standard InChI is InChI=1S/C12H13Cl2F3O2/c1-18-9-4-3-7(11(19-2)10(9)14)8(13)5-6-12(15,16)17/h3-4,8H,5-6H2,1-2H3. The molecular formula is C12H13Cl2F3O2. The molecule has 0 fully saturated rings. The van der Waals surface area contributed by atoms with Gasteiger partial charge in [0.15, 0.2) is 0 Å². The summed E-state index contributed by atoms with van der Waals surface area (Å²) in [6.45, 7) is 0. The van der Waals surface area contributed by atoms with Crippen molar-refractivity contribution in [2.75, 3.05) is 14.2 Å². The number of methoxy groups -OCH3 is 2. The molecule has 19 heavy (non-hydrogen) atoms. The van der Waals surface area contributed by atoms with Crippen LogP contribution in [0.5, 0.6) is 11.5 Å². The van der Waals surface area contributed by atoms with E-state index < -0.39 is 18.0 Å². The lowest BCUT2D eigenvalue weighted by molar-refractivity contribution is -0.135. The smallest absolute Gasteiger partial charge is 0.389 e. The van der Waals surface area contributed by atoms with Gasteiger partial charge in [-0.3, -0.25) is 0 Å². The molecule has 0 saturated heterocycles. The second kappa shape index (κ2) is 6.57. The second-order valence-electron chi connectivity index (χ2n) is 3.83. The highest BCUT2D eigenvalue weighted by Gasteiger charge is 2.29. The molecule has 0 aliphatic carbocycles. The van der Waals surface area contributed by atoms with Crippen LogP contribution in [0.3, 0.4) is 0 Å². The van der Waals surface area contributed by atoms with E-state index in [4.69, 9.17) is 32.7 Å². The van der Waals surface area contributed by atoms with Crippen molar-refractivity contribution in [3.63, 3.8) is 0 Å². The Labute approximate surface area is 119 Å². The normalized spacial score (nSPS) is 13.2. The molecule has 0 N–H and O–H groups in total. The van der Waals surface area contributed by atoms with Crippen molar-refractivity contribution in [1.82, 2.24) is 0 Å². The zero-order valence-electron chi connectivity index (χ0n) is 10.4. The van der Waals surface area contributed by atoms with E-state index in [1.54, 1.807) is 12.1 Å². The Balaban J connectivity index is 2.97. The summed E-state index contributed by atoms with van der Waals surface area (Å²) in [6.07, 6.45) is -5.45. The van der Waals surface area contributed by atoms with Crippen LogP contribution in [0, 0.1) is 0 Å². The topological polar surface area (TPSA) is 18.5 Å². The SMILES string of the molecule is COc1ccc(C(Cl)CCC(F)(F)F)c(OC)c1Cl. The van der Waals surface area contributed by atoms with Gasteiger partial charge in [-0.05, 0) is 12.5 Å². The highest BCUT2D eigenvalue weighted by atomic mass is 35.5. The van der Waals surface area contributed by atoms with Gasteiger partial charge in [-0.1, -0.05) is 17.7 Å². The summed E-state index contributed by atoms with van der Waals surface area (Å²) < 4.78 is 46.6. The number of hydrogen-bond donors (Lipinski definition) is 0. The molecule has 0 amide bonds. The van der Waals surface area contributed by atoms with Gasteiger partial charge in [0.1, 0.15) is 16.5 Å². The van der Waals surface area contributed by atoms with Gasteiger partial charge in [0, 0.05) is 12.0 Å². The fourth-order valence-electron chi connectivity index (χ4n) is 1.61. The predicted octanol–water partition coefficient (Wildman–Crippen LogP) is 4.98.